The number of aromatic hydroxyl groups is 1. The highest BCUT2D eigenvalue weighted by Gasteiger charge is 2.52. The summed E-state index contributed by atoms with van der Waals surface area (Å²) < 4.78 is 25.0. The Balaban J connectivity index is 0.761. The van der Waals surface area contributed by atoms with Gasteiger partial charge in [-0.3, -0.25) is 0 Å². The molecule has 0 aromatic heterocycles. The van der Waals surface area contributed by atoms with Gasteiger partial charge in [0.25, 0.3) is 12.3 Å². The zero-order chi connectivity index (χ0) is 48.4. The van der Waals surface area contributed by atoms with E-state index in [1.54, 1.807) is 6.07 Å². The molecule has 0 radical (unpaired) electrons. The van der Waals surface area contributed by atoms with Crippen molar-refractivity contribution in [2.24, 2.45) is 0 Å². The van der Waals surface area contributed by atoms with Crippen molar-refractivity contribution in [1.29, 1.82) is 0 Å². The van der Waals surface area contributed by atoms with E-state index in [1.807, 2.05) is 42.5 Å². The third kappa shape index (κ3) is 6.01. The van der Waals surface area contributed by atoms with Crippen LogP contribution in [0.1, 0.15) is 44.5 Å². The summed E-state index contributed by atoms with van der Waals surface area (Å²) in [5.41, 5.74) is 13.2. The van der Waals surface area contributed by atoms with Gasteiger partial charge in [0, 0.05) is 34.8 Å². The lowest BCUT2D eigenvalue weighted by atomic mass is 9.65. The maximum atomic E-state index is 10.3. The van der Waals surface area contributed by atoms with E-state index in [4.69, 9.17) is 17.3 Å². The number of phenols is 1. The molecule has 7 heteroatoms. The number of hydrogen-bond donors (Lipinski definition) is 2. The fraction of sp³-hybridized carbons (Fsp3) is 0.0303. The Bertz CT molecular complexity index is 4220. The number of rotatable bonds is 7. The Labute approximate surface area is 430 Å². The van der Waals surface area contributed by atoms with Crippen LogP contribution in [0, 0.1) is 0 Å². The summed E-state index contributed by atoms with van der Waals surface area (Å²) in [4.78, 5) is 0. The molecule has 1 heterocycles. The van der Waals surface area contributed by atoms with Crippen LogP contribution in [0.4, 0.5) is 0 Å². The molecule has 0 fully saturated rings. The largest absolute Gasteiger partial charge is 0.508 e. The standard InChI is InChI=1S/C66H40O5S2/c67-47-25-19-39-33-45(23-17-41(39)35-47)65(57-13-5-1-9-53(57)54-10-2-6-14-58(54)65)46-24-18-42-36-49(26-20-40(42)34-46)70-73-71-50-28-30-52-44(38-50)22-32-62-64(52)68-63-51-29-27-48(69-72)37-43(51)21-31-61(63)66(62)59-15-7-3-11-55(59)56-12-4-8-16-60(56)66/h1-38,67,72H. The number of ether oxygens (including phenoxy) is 1. The summed E-state index contributed by atoms with van der Waals surface area (Å²) in [5.74, 6) is 3.91. The Morgan fingerprint density at radius 3 is 1.29 bits per heavy atom. The molecule has 1 aliphatic heterocycles. The van der Waals surface area contributed by atoms with Gasteiger partial charge in [-0.15, -0.1) is 0 Å². The van der Waals surface area contributed by atoms with E-state index < -0.39 is 10.8 Å². The van der Waals surface area contributed by atoms with Crippen LogP contribution in [-0.4, -0.2) is 5.11 Å². The Morgan fingerprint density at radius 1 is 0.356 bits per heavy atom. The van der Waals surface area contributed by atoms with Crippen molar-refractivity contribution in [3.63, 3.8) is 0 Å². The zero-order valence-corrected chi connectivity index (χ0v) is 40.6. The molecule has 0 saturated carbocycles. The van der Waals surface area contributed by atoms with Crippen LogP contribution < -0.4 is 17.3 Å². The van der Waals surface area contributed by atoms with Gasteiger partial charge in [-0.2, -0.15) is 0 Å². The molecule has 0 amide bonds. The highest BCUT2D eigenvalue weighted by atomic mass is 32.2. The van der Waals surface area contributed by atoms with Gasteiger partial charge < -0.3 is 22.4 Å². The van der Waals surface area contributed by atoms with Crippen LogP contribution in [-0.2, 0) is 10.8 Å². The second-order valence-corrected chi connectivity index (χ2v) is 19.9. The minimum atomic E-state index is -0.615. The molecular formula is C66H40O5S2. The Hall–Kier alpha value is -8.62. The maximum absolute atomic E-state index is 10.3. The average molecular weight is 977 g/mol. The van der Waals surface area contributed by atoms with Crippen molar-refractivity contribution in [2.45, 2.75) is 10.8 Å². The molecule has 346 valence electrons. The normalized spacial score (nSPS) is 14.0. The lowest BCUT2D eigenvalue weighted by Gasteiger charge is -2.40. The second-order valence-electron chi connectivity index (χ2n) is 19.2. The lowest BCUT2D eigenvalue weighted by molar-refractivity contribution is 0.447. The van der Waals surface area contributed by atoms with Crippen molar-refractivity contribution in [2.75, 3.05) is 0 Å². The highest BCUT2D eigenvalue weighted by molar-refractivity contribution is 7.90. The van der Waals surface area contributed by atoms with Crippen molar-refractivity contribution in [3.8, 4) is 56.8 Å². The van der Waals surface area contributed by atoms with Crippen LogP contribution in [0.15, 0.2) is 231 Å². The topological polar surface area (TPSA) is 57.2 Å². The van der Waals surface area contributed by atoms with Crippen LogP contribution in [0.25, 0.3) is 65.3 Å². The van der Waals surface area contributed by atoms with Crippen LogP contribution in [0.5, 0.6) is 34.5 Å². The Kier molecular flexibility index (Phi) is 9.19. The van der Waals surface area contributed by atoms with Crippen molar-refractivity contribution < 1.29 is 22.4 Å². The van der Waals surface area contributed by atoms with Gasteiger partial charge in [0.1, 0.15) is 34.5 Å². The van der Waals surface area contributed by atoms with E-state index in [1.165, 1.54) is 55.6 Å². The molecule has 12 aromatic rings. The van der Waals surface area contributed by atoms with Gasteiger partial charge in [-0.05, 0) is 161 Å². The van der Waals surface area contributed by atoms with E-state index in [0.717, 1.165) is 78.0 Å². The predicted molar refractivity (Wildman–Crippen MR) is 298 cm³/mol. The van der Waals surface area contributed by atoms with Crippen molar-refractivity contribution >= 4 is 68.3 Å². The summed E-state index contributed by atoms with van der Waals surface area (Å²) in [5, 5.41) is 18.5. The summed E-state index contributed by atoms with van der Waals surface area (Å²) in [6.07, 6.45) is 0. The van der Waals surface area contributed by atoms with Gasteiger partial charge in [0.15, 0.2) is 0 Å². The number of fused-ring (bicyclic) bond motifs is 18. The molecule has 0 bridgehead atoms. The quantitative estimate of drug-likeness (QED) is 0.123. The van der Waals surface area contributed by atoms with Gasteiger partial charge in [0.05, 0.1) is 10.8 Å². The summed E-state index contributed by atoms with van der Waals surface area (Å²) in [6, 6.07) is 81.2. The molecule has 0 saturated heterocycles. The molecule has 5 nitrogen and oxygen atoms in total. The fourth-order valence-electron chi connectivity index (χ4n) is 12.6. The molecule has 73 heavy (non-hydrogen) atoms. The molecule has 1 N–H and O–H groups in total. The van der Waals surface area contributed by atoms with E-state index in [2.05, 4.69) is 195 Å². The van der Waals surface area contributed by atoms with Gasteiger partial charge in [-0.1, -0.05) is 158 Å². The predicted octanol–water partition coefficient (Wildman–Crippen LogP) is 17.1. The average Bonchev–Trinajstić information content (AvgIpc) is 4.00. The van der Waals surface area contributed by atoms with Crippen molar-refractivity contribution in [1.82, 2.24) is 0 Å². The number of benzene rings is 12. The number of hydrogen-bond acceptors (Lipinski definition) is 7. The highest BCUT2D eigenvalue weighted by Crippen LogP contribution is 2.64. The molecular weight excluding hydrogens is 937 g/mol. The van der Waals surface area contributed by atoms with E-state index >= 15 is 0 Å². The molecule has 0 unspecified atom stereocenters. The molecule has 3 aliphatic rings. The third-order valence-corrected chi connectivity index (χ3v) is 16.4. The first-order chi connectivity index (χ1) is 36.0. The van der Waals surface area contributed by atoms with Crippen LogP contribution >= 0.6 is 25.2 Å². The third-order valence-electron chi connectivity index (χ3n) is 15.7. The van der Waals surface area contributed by atoms with E-state index in [0.29, 0.717) is 17.2 Å². The van der Waals surface area contributed by atoms with Gasteiger partial charge >= 0.3 is 0 Å². The number of phenolic OH excluding ortho intramolecular Hbond substituents is 1. The molecule has 2 aliphatic carbocycles. The molecule has 0 atom stereocenters. The molecule has 15 rings (SSSR count). The first-order valence-corrected chi connectivity index (χ1v) is 25.4. The van der Waals surface area contributed by atoms with Gasteiger partial charge in [-0.25, -0.2) is 0 Å². The molecule has 1 spiro atoms. The van der Waals surface area contributed by atoms with Gasteiger partial charge in [0.2, 0.25) is 0 Å². The van der Waals surface area contributed by atoms with E-state index in [9.17, 15) is 5.11 Å². The molecule has 12 aromatic carbocycles. The first-order valence-electron chi connectivity index (χ1n) is 24.3. The zero-order valence-electron chi connectivity index (χ0n) is 38.9. The maximum Gasteiger partial charge on any atom is 0.293 e. The first kappa shape index (κ1) is 42.1. The summed E-state index contributed by atoms with van der Waals surface area (Å²) in [7, 11) is 0. The summed E-state index contributed by atoms with van der Waals surface area (Å²) in [6.45, 7) is 0. The van der Waals surface area contributed by atoms with Crippen LogP contribution in [0.2, 0.25) is 0 Å². The van der Waals surface area contributed by atoms with Crippen molar-refractivity contribution in [3.05, 3.63) is 275 Å². The fourth-order valence-corrected chi connectivity index (χ4v) is 13.1. The SMILES string of the molecule is Oc1ccc2cc(C3(c4ccc5cc(OSOc6ccc7c8c(ccc7c6)C6(c7ccccc7-c7ccccc76)c6ccc7cc(OS)ccc7c6O8)ccc5c4)c4ccccc4-c4ccccc43)ccc2c1. The minimum Gasteiger partial charge on any atom is -0.508 e. The van der Waals surface area contributed by atoms with E-state index in [-0.39, 0.29) is 5.75 Å². The monoisotopic (exact) mass is 976 g/mol. The lowest BCUT2D eigenvalue weighted by Crippen LogP contribution is -2.32. The van der Waals surface area contributed by atoms with Crippen LogP contribution in [0.3, 0.4) is 0 Å². The Morgan fingerprint density at radius 2 is 0.753 bits per heavy atom. The minimum absolute atomic E-state index is 0.259. The summed E-state index contributed by atoms with van der Waals surface area (Å²) >= 11 is 5.04. The second kappa shape index (κ2) is 15.9. The smallest absolute Gasteiger partial charge is 0.293 e. The number of thiol groups is 1.